The van der Waals surface area contributed by atoms with E-state index in [4.69, 9.17) is 11.6 Å². The van der Waals surface area contributed by atoms with Gasteiger partial charge in [-0.1, -0.05) is 80.6 Å². The fourth-order valence-corrected chi connectivity index (χ4v) is 7.62. The van der Waals surface area contributed by atoms with E-state index < -0.39 is 23.9 Å². The zero-order valence-electron chi connectivity index (χ0n) is 24.5. The van der Waals surface area contributed by atoms with Crippen molar-refractivity contribution in [3.05, 3.63) is 75.8 Å². The lowest BCUT2D eigenvalue weighted by molar-refractivity contribution is -0.143. The maximum absolute atomic E-state index is 13.8. The third-order valence-electron chi connectivity index (χ3n) is 9.49. The van der Waals surface area contributed by atoms with E-state index in [1.54, 1.807) is 12.1 Å². The second-order valence-corrected chi connectivity index (χ2v) is 12.8. The van der Waals surface area contributed by atoms with Gasteiger partial charge >= 0.3 is 0 Å². The summed E-state index contributed by atoms with van der Waals surface area (Å²) in [6.07, 6.45) is 7.31. The molecule has 5 rings (SSSR count). The van der Waals surface area contributed by atoms with Gasteiger partial charge in [-0.25, -0.2) is 0 Å². The van der Waals surface area contributed by atoms with Gasteiger partial charge in [-0.2, -0.15) is 0 Å². The maximum atomic E-state index is 13.8. The molecule has 4 atom stereocenters. The Kier molecular flexibility index (Phi) is 9.56. The molecule has 0 radical (unpaired) electrons. The Morgan fingerprint density at radius 2 is 1.76 bits per heavy atom. The predicted molar refractivity (Wildman–Crippen MR) is 165 cm³/mol. The summed E-state index contributed by atoms with van der Waals surface area (Å²) < 4.78 is 0. The molecule has 1 heterocycles. The molecule has 1 saturated heterocycles. The van der Waals surface area contributed by atoms with Gasteiger partial charge in [0.05, 0.1) is 29.6 Å². The Balaban J connectivity index is 1.44. The molecule has 0 spiro atoms. The average Bonchev–Trinajstić information content (AvgIpc) is 3.24. The van der Waals surface area contributed by atoms with Gasteiger partial charge in [0.15, 0.2) is 0 Å². The number of hydrogen-bond acceptors (Lipinski definition) is 5. The van der Waals surface area contributed by atoms with Crippen molar-refractivity contribution in [1.29, 1.82) is 0 Å². The minimum Gasteiger partial charge on any atom is -0.508 e. The number of phenols is 1. The number of hydrogen-bond donors (Lipinski definition) is 3. The largest absolute Gasteiger partial charge is 0.508 e. The first-order valence-electron chi connectivity index (χ1n) is 15.3. The van der Waals surface area contributed by atoms with Crippen LogP contribution in [0.25, 0.3) is 11.6 Å². The summed E-state index contributed by atoms with van der Waals surface area (Å²) in [6.45, 7) is 3.82. The van der Waals surface area contributed by atoms with E-state index in [1.807, 2.05) is 36.4 Å². The van der Waals surface area contributed by atoms with E-state index in [2.05, 4.69) is 13.8 Å². The lowest BCUT2D eigenvalue weighted by Crippen LogP contribution is -2.42. The van der Waals surface area contributed by atoms with Crippen molar-refractivity contribution >= 4 is 35.1 Å². The zero-order valence-corrected chi connectivity index (χ0v) is 25.3. The second kappa shape index (κ2) is 13.2. The van der Waals surface area contributed by atoms with E-state index in [9.17, 15) is 24.9 Å². The highest BCUT2D eigenvalue weighted by molar-refractivity contribution is 6.32. The summed E-state index contributed by atoms with van der Waals surface area (Å²) in [4.78, 5) is 29.0. The van der Waals surface area contributed by atoms with Crippen LogP contribution in [0.1, 0.15) is 76.3 Å². The summed E-state index contributed by atoms with van der Waals surface area (Å²) in [5.74, 6) is -1.79. The molecule has 0 bridgehead atoms. The number of allylic oxidation sites excluding steroid dienone is 2. The van der Waals surface area contributed by atoms with Crippen LogP contribution >= 0.6 is 11.6 Å². The Hall–Kier alpha value is -2.93. The highest BCUT2D eigenvalue weighted by Gasteiger charge is 2.56. The molecule has 0 aromatic heterocycles. The number of benzene rings is 2. The maximum Gasteiger partial charge on any atom is 0.234 e. The van der Waals surface area contributed by atoms with Crippen molar-refractivity contribution in [2.45, 2.75) is 77.4 Å². The third kappa shape index (κ3) is 6.08. The van der Waals surface area contributed by atoms with Crippen LogP contribution < -0.4 is 0 Å². The lowest BCUT2D eigenvalue weighted by Gasteiger charge is -2.38. The molecule has 2 fully saturated rings. The summed E-state index contributed by atoms with van der Waals surface area (Å²) >= 11 is 6.43. The molecule has 2 amide bonds. The number of fused-ring (bicyclic) bond motifs is 1. The Labute approximate surface area is 253 Å². The van der Waals surface area contributed by atoms with Crippen molar-refractivity contribution in [2.24, 2.45) is 23.7 Å². The highest BCUT2D eigenvalue weighted by atomic mass is 35.5. The molecule has 1 aliphatic heterocycles. The van der Waals surface area contributed by atoms with Gasteiger partial charge in [-0.3, -0.25) is 14.5 Å². The number of carbonyl (C=O) groups is 2. The van der Waals surface area contributed by atoms with Gasteiger partial charge in [0, 0.05) is 12.0 Å². The molecule has 7 heteroatoms. The van der Waals surface area contributed by atoms with Crippen LogP contribution in [0.4, 0.5) is 0 Å². The monoisotopic (exact) mass is 591 g/mol. The van der Waals surface area contributed by atoms with E-state index in [0.29, 0.717) is 24.3 Å². The molecule has 1 saturated carbocycles. The van der Waals surface area contributed by atoms with Crippen LogP contribution in [0, 0.1) is 23.7 Å². The highest BCUT2D eigenvalue weighted by Crippen LogP contribution is 2.49. The van der Waals surface area contributed by atoms with Crippen LogP contribution in [0.5, 0.6) is 5.75 Å². The van der Waals surface area contributed by atoms with E-state index in [1.165, 1.54) is 11.0 Å². The number of aromatic hydroxyl groups is 1. The van der Waals surface area contributed by atoms with Gasteiger partial charge < -0.3 is 15.3 Å². The molecule has 6 nitrogen and oxygen atoms in total. The summed E-state index contributed by atoms with van der Waals surface area (Å²) in [7, 11) is 0. The molecular formula is C35H42ClNO5. The first-order chi connectivity index (χ1) is 20.2. The molecular weight excluding hydrogens is 550 g/mol. The number of carbonyl (C=O) groups excluding carboxylic acids is 2. The number of likely N-dealkylation sites (tertiary alicyclic amines) is 1. The Bertz CT molecular complexity index is 1360. The Morgan fingerprint density at radius 1 is 1.05 bits per heavy atom. The molecule has 2 aromatic rings. The number of phenolic OH excluding ortho intramolecular Hbond substituents is 1. The van der Waals surface area contributed by atoms with Gasteiger partial charge in [0.25, 0.3) is 0 Å². The fourth-order valence-electron chi connectivity index (χ4n) is 7.39. The molecule has 2 aliphatic carbocycles. The number of halogens is 1. The van der Waals surface area contributed by atoms with Crippen LogP contribution in [-0.4, -0.2) is 50.8 Å². The Morgan fingerprint density at radius 3 is 2.40 bits per heavy atom. The molecule has 0 unspecified atom stereocenters. The van der Waals surface area contributed by atoms with Crippen molar-refractivity contribution in [3.63, 3.8) is 0 Å². The summed E-state index contributed by atoms with van der Waals surface area (Å²) in [6, 6.07) is 14.7. The smallest absolute Gasteiger partial charge is 0.234 e. The molecule has 42 heavy (non-hydrogen) atoms. The van der Waals surface area contributed by atoms with Crippen LogP contribution in [0.15, 0.2) is 59.7 Å². The standard InChI is InChI=1S/C35H42ClNO5/c1-21(2)27-19-28-33(35(42)37(34(28)41)25-11-7-4-8-12-25)29(20-38)32(27)31(40)16-14-23(22-9-5-3-6-10-22)17-24-13-15-26(39)18-30(24)36/h3,5-6,9-10,13,15,17-18,21,25,28-29,31,33,38-40H,4,7-8,11-12,14,16,19-20H2,1-2H3/b23-17-/t28-,29+,31-,33-/m1/s1. The zero-order chi connectivity index (χ0) is 30.0. The molecule has 2 aromatic carbocycles. The molecule has 3 N–H and O–H groups in total. The third-order valence-corrected chi connectivity index (χ3v) is 9.82. The lowest BCUT2D eigenvalue weighted by atomic mass is 9.66. The fraction of sp³-hybridized carbons (Fsp3) is 0.486. The van der Waals surface area contributed by atoms with Crippen molar-refractivity contribution in [2.75, 3.05) is 6.61 Å². The molecule has 224 valence electrons. The summed E-state index contributed by atoms with van der Waals surface area (Å²) in [5.41, 5.74) is 4.45. The quantitative estimate of drug-likeness (QED) is 0.173. The second-order valence-electron chi connectivity index (χ2n) is 12.4. The minimum absolute atomic E-state index is 0.0511. The van der Waals surface area contributed by atoms with Gasteiger partial charge in [0.1, 0.15) is 5.75 Å². The average molecular weight is 592 g/mol. The normalized spacial score (nSPS) is 24.5. The minimum atomic E-state index is -0.880. The molecule has 3 aliphatic rings. The number of amides is 2. The first kappa shape index (κ1) is 30.5. The van der Waals surface area contributed by atoms with Crippen molar-refractivity contribution in [3.8, 4) is 5.75 Å². The first-order valence-corrected chi connectivity index (χ1v) is 15.7. The number of nitrogens with zero attached hydrogens (tertiary/aromatic N) is 1. The van der Waals surface area contributed by atoms with Crippen LogP contribution in [-0.2, 0) is 9.59 Å². The van der Waals surface area contributed by atoms with Crippen molar-refractivity contribution in [1.82, 2.24) is 4.90 Å². The van der Waals surface area contributed by atoms with Gasteiger partial charge in [-0.15, -0.1) is 0 Å². The number of imide groups is 1. The van der Waals surface area contributed by atoms with Crippen LogP contribution in [0.3, 0.4) is 0 Å². The predicted octanol–water partition coefficient (Wildman–Crippen LogP) is 6.63. The number of aliphatic hydroxyl groups is 2. The summed E-state index contributed by atoms with van der Waals surface area (Å²) in [5, 5.41) is 32.7. The van der Waals surface area contributed by atoms with E-state index >= 15 is 0 Å². The number of rotatable bonds is 9. The van der Waals surface area contributed by atoms with E-state index in [-0.39, 0.29) is 36.1 Å². The SMILES string of the molecule is CC(C)C1=C([C@H](O)CC/C(=C/c2ccc(O)cc2Cl)c2ccccc2)[C@H](CO)[C@@H]2C(=O)N(C3CCCCC3)C(=O)[C@@H]2C1. The van der Waals surface area contributed by atoms with E-state index in [0.717, 1.165) is 60.0 Å². The van der Waals surface area contributed by atoms with Crippen molar-refractivity contribution < 1.29 is 24.9 Å². The number of aliphatic hydroxyl groups excluding tert-OH is 2. The van der Waals surface area contributed by atoms with Gasteiger partial charge in [0.2, 0.25) is 11.8 Å². The van der Waals surface area contributed by atoms with Crippen LogP contribution in [0.2, 0.25) is 5.02 Å². The van der Waals surface area contributed by atoms with Gasteiger partial charge in [-0.05, 0) is 84.6 Å². The topological polar surface area (TPSA) is 98.1 Å².